The van der Waals surface area contributed by atoms with Crippen LogP contribution in [-0.4, -0.2) is 5.91 Å². The number of nitrogens with two attached hydrogens (primary N) is 1. The minimum Gasteiger partial charge on any atom is -0.396 e. The monoisotopic (exact) mass is 328 g/mol. The number of aryl methyl sites for hydroxylation is 1. The van der Waals surface area contributed by atoms with Crippen LogP contribution in [0.15, 0.2) is 24.3 Å². The van der Waals surface area contributed by atoms with Gasteiger partial charge in [0.1, 0.15) is 0 Å². The standard InChI is InChI=1S/C14H14Cl2N2OS/c1-2-9-3-4-10(20-9)7-18-14(19)8-5-11(15)13(17)12(16)6-8/h3-6H,2,7,17H2,1H3,(H,18,19). The molecule has 0 saturated carbocycles. The number of amides is 1. The molecule has 0 aliphatic carbocycles. The van der Waals surface area contributed by atoms with Crippen LogP contribution in [0, 0.1) is 0 Å². The summed E-state index contributed by atoms with van der Waals surface area (Å²) < 4.78 is 0. The molecule has 0 spiro atoms. The number of carbonyl (C=O) groups is 1. The fourth-order valence-corrected chi connectivity index (χ4v) is 3.08. The van der Waals surface area contributed by atoms with E-state index in [-0.39, 0.29) is 21.6 Å². The molecule has 0 unspecified atom stereocenters. The second kappa shape index (κ2) is 6.48. The van der Waals surface area contributed by atoms with E-state index in [2.05, 4.69) is 18.3 Å². The number of nitrogen functional groups attached to an aromatic ring is 1. The Balaban J connectivity index is 2.05. The average molecular weight is 329 g/mol. The SMILES string of the molecule is CCc1ccc(CNC(=O)c2cc(Cl)c(N)c(Cl)c2)s1. The third-order valence-electron chi connectivity index (χ3n) is 2.83. The Morgan fingerprint density at radius 3 is 2.40 bits per heavy atom. The molecule has 20 heavy (non-hydrogen) atoms. The summed E-state index contributed by atoms with van der Waals surface area (Å²) in [6, 6.07) is 7.13. The third kappa shape index (κ3) is 3.45. The number of thiophene rings is 1. The zero-order chi connectivity index (χ0) is 14.7. The Morgan fingerprint density at radius 2 is 1.85 bits per heavy atom. The summed E-state index contributed by atoms with van der Waals surface area (Å²) in [5, 5.41) is 3.41. The number of benzene rings is 1. The lowest BCUT2D eigenvalue weighted by molar-refractivity contribution is 0.0951. The number of nitrogens with one attached hydrogen (secondary N) is 1. The molecule has 1 heterocycles. The molecular weight excluding hydrogens is 315 g/mol. The summed E-state index contributed by atoms with van der Waals surface area (Å²) in [7, 11) is 0. The first-order valence-corrected chi connectivity index (χ1v) is 7.68. The number of hydrogen-bond acceptors (Lipinski definition) is 3. The quantitative estimate of drug-likeness (QED) is 0.829. The van der Waals surface area contributed by atoms with Gasteiger partial charge in [0, 0.05) is 15.3 Å². The van der Waals surface area contributed by atoms with Crippen LogP contribution >= 0.6 is 34.5 Å². The highest BCUT2D eigenvalue weighted by Crippen LogP contribution is 2.28. The van der Waals surface area contributed by atoms with E-state index in [1.54, 1.807) is 11.3 Å². The maximum atomic E-state index is 12.0. The molecule has 2 rings (SSSR count). The van der Waals surface area contributed by atoms with Crippen molar-refractivity contribution < 1.29 is 4.79 Å². The normalized spacial score (nSPS) is 10.6. The Labute approximate surface area is 131 Å². The zero-order valence-electron chi connectivity index (χ0n) is 10.9. The fourth-order valence-electron chi connectivity index (χ4n) is 1.69. The molecule has 0 aliphatic heterocycles. The van der Waals surface area contributed by atoms with E-state index < -0.39 is 0 Å². The predicted octanol–water partition coefficient (Wildman–Crippen LogP) is 4.13. The van der Waals surface area contributed by atoms with Crippen LogP contribution in [0.2, 0.25) is 10.0 Å². The summed E-state index contributed by atoms with van der Waals surface area (Å²) in [4.78, 5) is 14.5. The van der Waals surface area contributed by atoms with Crippen molar-refractivity contribution in [2.75, 3.05) is 5.73 Å². The van der Waals surface area contributed by atoms with E-state index in [9.17, 15) is 4.79 Å². The van der Waals surface area contributed by atoms with Gasteiger partial charge in [-0.15, -0.1) is 11.3 Å². The largest absolute Gasteiger partial charge is 0.396 e. The van der Waals surface area contributed by atoms with Gasteiger partial charge in [0.15, 0.2) is 0 Å². The number of anilines is 1. The van der Waals surface area contributed by atoms with Crippen LogP contribution in [0.25, 0.3) is 0 Å². The van der Waals surface area contributed by atoms with Gasteiger partial charge in [0.05, 0.1) is 22.3 Å². The minimum absolute atomic E-state index is 0.222. The molecule has 2 aromatic rings. The summed E-state index contributed by atoms with van der Waals surface area (Å²) >= 11 is 13.5. The van der Waals surface area contributed by atoms with E-state index in [1.807, 2.05) is 6.07 Å². The molecule has 3 nitrogen and oxygen atoms in total. The Morgan fingerprint density at radius 1 is 1.25 bits per heavy atom. The van der Waals surface area contributed by atoms with Crippen LogP contribution in [0.3, 0.4) is 0 Å². The summed E-state index contributed by atoms with van der Waals surface area (Å²) in [5.41, 5.74) is 6.33. The topological polar surface area (TPSA) is 55.1 Å². The smallest absolute Gasteiger partial charge is 0.251 e. The van der Waals surface area contributed by atoms with Crippen LogP contribution in [-0.2, 0) is 13.0 Å². The van der Waals surface area contributed by atoms with Crippen LogP contribution in [0.5, 0.6) is 0 Å². The van der Waals surface area contributed by atoms with E-state index >= 15 is 0 Å². The van der Waals surface area contributed by atoms with Crippen molar-refractivity contribution in [3.8, 4) is 0 Å². The fraction of sp³-hybridized carbons (Fsp3) is 0.214. The van der Waals surface area contributed by atoms with Crippen LogP contribution < -0.4 is 11.1 Å². The van der Waals surface area contributed by atoms with Crippen molar-refractivity contribution >= 4 is 46.1 Å². The lowest BCUT2D eigenvalue weighted by atomic mass is 10.2. The van der Waals surface area contributed by atoms with Crippen molar-refractivity contribution in [1.82, 2.24) is 5.32 Å². The van der Waals surface area contributed by atoms with Gasteiger partial charge in [0.2, 0.25) is 0 Å². The van der Waals surface area contributed by atoms with E-state index in [1.165, 1.54) is 17.0 Å². The van der Waals surface area contributed by atoms with Crippen molar-refractivity contribution in [3.63, 3.8) is 0 Å². The van der Waals surface area contributed by atoms with E-state index in [0.29, 0.717) is 12.1 Å². The van der Waals surface area contributed by atoms with Gasteiger partial charge in [-0.3, -0.25) is 4.79 Å². The van der Waals surface area contributed by atoms with E-state index in [0.717, 1.165) is 11.3 Å². The van der Waals surface area contributed by atoms with Crippen molar-refractivity contribution in [2.24, 2.45) is 0 Å². The van der Waals surface area contributed by atoms with Gasteiger partial charge in [0.25, 0.3) is 5.91 Å². The second-order valence-corrected chi connectivity index (χ2v) is 6.33. The number of halogens is 2. The van der Waals surface area contributed by atoms with Crippen LogP contribution in [0.4, 0.5) is 5.69 Å². The summed E-state index contributed by atoms with van der Waals surface area (Å²) in [6.07, 6.45) is 1.00. The highest BCUT2D eigenvalue weighted by molar-refractivity contribution is 7.11. The van der Waals surface area contributed by atoms with Crippen LogP contribution in [0.1, 0.15) is 27.0 Å². The summed E-state index contributed by atoms with van der Waals surface area (Å²) in [6.45, 7) is 2.59. The van der Waals surface area contributed by atoms with Gasteiger partial charge in [-0.2, -0.15) is 0 Å². The molecular formula is C14H14Cl2N2OS. The van der Waals surface area contributed by atoms with Gasteiger partial charge in [-0.05, 0) is 30.7 Å². The average Bonchev–Trinajstić information content (AvgIpc) is 2.89. The first kappa shape index (κ1) is 15.2. The number of rotatable bonds is 4. The number of hydrogen-bond donors (Lipinski definition) is 2. The highest BCUT2D eigenvalue weighted by Gasteiger charge is 2.11. The van der Waals surface area contributed by atoms with Crippen molar-refractivity contribution in [1.29, 1.82) is 0 Å². The lowest BCUT2D eigenvalue weighted by Crippen LogP contribution is -2.22. The maximum absolute atomic E-state index is 12.0. The van der Waals surface area contributed by atoms with Gasteiger partial charge < -0.3 is 11.1 Å². The molecule has 1 amide bonds. The van der Waals surface area contributed by atoms with Crippen molar-refractivity contribution in [2.45, 2.75) is 19.9 Å². The molecule has 0 radical (unpaired) electrons. The molecule has 106 valence electrons. The van der Waals surface area contributed by atoms with Gasteiger partial charge in [-0.1, -0.05) is 30.1 Å². The Hall–Kier alpha value is -1.23. The molecule has 0 bridgehead atoms. The van der Waals surface area contributed by atoms with Gasteiger partial charge >= 0.3 is 0 Å². The second-order valence-electron chi connectivity index (χ2n) is 4.26. The Kier molecular flexibility index (Phi) is 4.91. The zero-order valence-corrected chi connectivity index (χ0v) is 13.2. The molecule has 0 aliphatic rings. The molecule has 0 saturated heterocycles. The first-order chi connectivity index (χ1) is 9.51. The molecule has 0 atom stereocenters. The molecule has 1 aromatic heterocycles. The predicted molar refractivity (Wildman–Crippen MR) is 85.7 cm³/mol. The summed E-state index contributed by atoms with van der Waals surface area (Å²) in [5.74, 6) is -0.222. The first-order valence-electron chi connectivity index (χ1n) is 6.11. The van der Waals surface area contributed by atoms with Gasteiger partial charge in [-0.25, -0.2) is 0 Å². The Bertz CT molecular complexity index is 617. The molecule has 0 fully saturated rings. The minimum atomic E-state index is -0.222. The highest BCUT2D eigenvalue weighted by atomic mass is 35.5. The van der Waals surface area contributed by atoms with Crippen molar-refractivity contribution in [3.05, 3.63) is 49.6 Å². The third-order valence-corrected chi connectivity index (χ3v) is 4.69. The lowest BCUT2D eigenvalue weighted by Gasteiger charge is -2.07. The molecule has 1 aromatic carbocycles. The number of carbonyl (C=O) groups excluding carboxylic acids is 1. The molecule has 6 heteroatoms. The maximum Gasteiger partial charge on any atom is 0.251 e. The molecule has 3 N–H and O–H groups in total. The van der Waals surface area contributed by atoms with E-state index in [4.69, 9.17) is 28.9 Å².